The van der Waals surface area contributed by atoms with Gasteiger partial charge in [-0.05, 0) is 23.1 Å². The van der Waals surface area contributed by atoms with Crippen molar-refractivity contribution in [2.24, 2.45) is 5.92 Å². The van der Waals surface area contributed by atoms with Crippen LogP contribution >= 0.6 is 11.8 Å². The molecule has 1 fully saturated rings. The molecule has 6 rings (SSSR count). The number of carbonyl (C=O) groups is 1. The lowest BCUT2D eigenvalue weighted by Crippen LogP contribution is -2.38. The number of aliphatic hydroxyl groups is 1. The molecule has 2 heterocycles. The van der Waals surface area contributed by atoms with Gasteiger partial charge in [0.05, 0.1) is 18.8 Å². The van der Waals surface area contributed by atoms with Gasteiger partial charge in [-0.25, -0.2) is 4.98 Å². The van der Waals surface area contributed by atoms with Crippen LogP contribution in [0, 0.1) is 5.92 Å². The Labute approximate surface area is 356 Å². The molecule has 8 heteroatoms. The zero-order chi connectivity index (χ0) is 41.1. The summed E-state index contributed by atoms with van der Waals surface area (Å²) in [6.07, 6.45) is 16.4. The third-order valence-corrected chi connectivity index (χ3v) is 12.4. The molecule has 0 spiro atoms. The first kappa shape index (κ1) is 44.3. The number of thioether (sulfide) groups is 1. The van der Waals surface area contributed by atoms with Crippen LogP contribution in [0.3, 0.4) is 0 Å². The van der Waals surface area contributed by atoms with Crippen LogP contribution < -0.4 is 5.32 Å². The van der Waals surface area contributed by atoms with Crippen LogP contribution in [0.1, 0.15) is 138 Å². The Bertz CT molecular complexity index is 1880. The first-order valence-corrected chi connectivity index (χ1v) is 23.1. The van der Waals surface area contributed by atoms with Crippen LogP contribution in [0.25, 0.3) is 22.6 Å². The lowest BCUT2D eigenvalue weighted by atomic mass is 9.91. The average molecular weight is 817 g/mol. The molecule has 1 aromatic heterocycles. The molecule has 4 unspecified atom stereocenters. The summed E-state index contributed by atoms with van der Waals surface area (Å²) in [5, 5.41) is 13.4. The van der Waals surface area contributed by atoms with Crippen molar-refractivity contribution >= 4 is 17.7 Å². The van der Waals surface area contributed by atoms with Crippen molar-refractivity contribution in [2.75, 3.05) is 5.75 Å². The minimum absolute atomic E-state index is 0.00924. The number of unbranched alkanes of at least 4 members (excludes halogenated alkanes) is 12. The largest absolute Gasteiger partial charge is 0.431 e. The summed E-state index contributed by atoms with van der Waals surface area (Å²) in [6, 6.07) is 36.4. The van der Waals surface area contributed by atoms with Gasteiger partial charge in [-0.2, -0.15) is 0 Å². The van der Waals surface area contributed by atoms with Gasteiger partial charge in [0, 0.05) is 41.3 Å². The maximum atomic E-state index is 12.7. The number of nitrogens with one attached hydrogen (secondary N) is 1. The molecule has 59 heavy (non-hydrogen) atoms. The van der Waals surface area contributed by atoms with E-state index >= 15 is 0 Å². The molecule has 0 radical (unpaired) electrons. The molecule has 1 aliphatic rings. The quantitative estimate of drug-likeness (QED) is 0.0473. The Balaban J connectivity index is 1.02. The van der Waals surface area contributed by atoms with Crippen LogP contribution in [0.15, 0.2) is 119 Å². The molecule has 314 valence electrons. The number of hydrogen-bond donors (Lipinski definition) is 2. The van der Waals surface area contributed by atoms with Gasteiger partial charge in [0.1, 0.15) is 5.69 Å². The molecule has 2 N–H and O–H groups in total. The molecule has 4 atom stereocenters. The molecular formula is C51H64N2O5S. The maximum Gasteiger partial charge on any atom is 0.256 e. The molecule has 0 saturated carbocycles. The van der Waals surface area contributed by atoms with Crippen LogP contribution in [-0.2, 0) is 27.4 Å². The summed E-state index contributed by atoms with van der Waals surface area (Å²) < 4.78 is 19.9. The summed E-state index contributed by atoms with van der Waals surface area (Å²) in [7, 11) is 0. The summed E-state index contributed by atoms with van der Waals surface area (Å²) in [5.74, 6) is 1.48. The topological polar surface area (TPSA) is 93.8 Å². The van der Waals surface area contributed by atoms with E-state index in [4.69, 9.17) is 18.9 Å². The molecule has 4 aromatic carbocycles. The van der Waals surface area contributed by atoms with Crippen LogP contribution in [-0.4, -0.2) is 27.9 Å². The summed E-state index contributed by atoms with van der Waals surface area (Å²) in [6.45, 7) is 4.92. The fourth-order valence-corrected chi connectivity index (χ4v) is 8.77. The minimum atomic E-state index is -0.595. The fourth-order valence-electron chi connectivity index (χ4n) is 7.79. The lowest BCUT2D eigenvalue weighted by Gasteiger charge is -2.41. The normalized spacial score (nSPS) is 17.9. The van der Waals surface area contributed by atoms with Gasteiger partial charge in [0.2, 0.25) is 5.91 Å². The first-order chi connectivity index (χ1) is 29.0. The standard InChI is InChI=1S/C51H64N2O5S/c1-3-4-5-6-7-8-9-10-11-12-13-14-21-26-46(55)52-35-39-27-33-44(34-28-39)50-56-45(38(2)48(57-50)43-31-29-40(36-54)30-32-43)37-59-51-53-47(41-22-17-15-18-23-41)49(58-51)42-24-19-16-20-25-42/h15-20,22-25,27-34,38,45,48,50,54H,3-14,21,26,35-37H2,1-2H3,(H,52,55). The van der Waals surface area contributed by atoms with Gasteiger partial charge in [-0.3, -0.25) is 4.79 Å². The summed E-state index contributed by atoms with van der Waals surface area (Å²) in [4.78, 5) is 17.6. The second-order valence-electron chi connectivity index (χ2n) is 16.0. The Morgan fingerprint density at radius 2 is 1.24 bits per heavy atom. The number of amides is 1. The van der Waals surface area contributed by atoms with Gasteiger partial charge in [-0.15, -0.1) is 0 Å². The van der Waals surface area contributed by atoms with E-state index in [0.29, 0.717) is 23.9 Å². The van der Waals surface area contributed by atoms with Crippen molar-refractivity contribution in [3.05, 3.63) is 131 Å². The van der Waals surface area contributed by atoms with Crippen LogP contribution in [0.2, 0.25) is 0 Å². The predicted molar refractivity (Wildman–Crippen MR) is 240 cm³/mol. The predicted octanol–water partition coefficient (Wildman–Crippen LogP) is 13.2. The second kappa shape index (κ2) is 24.1. The Hall–Kier alpha value is -4.21. The number of nitrogens with zero attached hydrogens (tertiary/aromatic N) is 1. The molecular weight excluding hydrogens is 753 g/mol. The molecule has 1 saturated heterocycles. The highest BCUT2D eigenvalue weighted by atomic mass is 32.2. The molecule has 7 nitrogen and oxygen atoms in total. The highest BCUT2D eigenvalue weighted by Gasteiger charge is 2.38. The second-order valence-corrected chi connectivity index (χ2v) is 17.0. The van der Waals surface area contributed by atoms with E-state index in [1.54, 1.807) is 11.8 Å². The van der Waals surface area contributed by atoms with Crippen molar-refractivity contribution in [1.29, 1.82) is 0 Å². The number of hydrogen-bond acceptors (Lipinski definition) is 7. The fraction of sp³-hybridized carbons (Fsp3) is 0.451. The Morgan fingerprint density at radius 1 is 0.678 bits per heavy atom. The zero-order valence-corrected chi connectivity index (χ0v) is 36.0. The Morgan fingerprint density at radius 3 is 1.85 bits per heavy atom. The average Bonchev–Trinajstić information content (AvgIpc) is 3.72. The number of benzene rings is 4. The summed E-state index contributed by atoms with van der Waals surface area (Å²) in [5.41, 5.74) is 6.64. The third-order valence-electron chi connectivity index (χ3n) is 11.4. The zero-order valence-electron chi connectivity index (χ0n) is 35.2. The van der Waals surface area contributed by atoms with E-state index in [1.807, 2.05) is 97.1 Å². The van der Waals surface area contributed by atoms with E-state index in [0.717, 1.165) is 57.7 Å². The highest BCUT2D eigenvalue weighted by Crippen LogP contribution is 2.44. The molecule has 0 aliphatic carbocycles. The van der Waals surface area contributed by atoms with Gasteiger partial charge in [0.15, 0.2) is 12.1 Å². The van der Waals surface area contributed by atoms with Crippen molar-refractivity contribution < 1.29 is 23.8 Å². The van der Waals surface area contributed by atoms with Gasteiger partial charge in [-0.1, -0.05) is 212 Å². The number of carbonyl (C=O) groups excluding carboxylic acids is 1. The number of rotatable bonds is 24. The van der Waals surface area contributed by atoms with E-state index in [9.17, 15) is 9.90 Å². The highest BCUT2D eigenvalue weighted by molar-refractivity contribution is 7.99. The van der Waals surface area contributed by atoms with Crippen molar-refractivity contribution in [1.82, 2.24) is 10.3 Å². The lowest BCUT2D eigenvalue weighted by molar-refractivity contribution is -0.268. The Kier molecular flexibility index (Phi) is 18.1. The SMILES string of the molecule is CCCCCCCCCCCCCCCC(=O)NCc1ccc(C2OC(CSc3nc(-c4ccccc4)c(-c4ccccc4)o3)C(C)C(c3ccc(CO)cc3)O2)cc1. The van der Waals surface area contributed by atoms with Crippen LogP contribution in [0.4, 0.5) is 0 Å². The number of aromatic nitrogens is 1. The monoisotopic (exact) mass is 816 g/mol. The van der Waals surface area contributed by atoms with E-state index in [-0.39, 0.29) is 30.6 Å². The molecule has 5 aromatic rings. The van der Waals surface area contributed by atoms with Gasteiger partial charge < -0.3 is 24.3 Å². The van der Waals surface area contributed by atoms with Crippen molar-refractivity contribution in [2.45, 2.75) is 141 Å². The van der Waals surface area contributed by atoms with Crippen LogP contribution in [0.5, 0.6) is 0 Å². The van der Waals surface area contributed by atoms with Crippen molar-refractivity contribution in [3.8, 4) is 22.6 Å². The smallest absolute Gasteiger partial charge is 0.256 e. The van der Waals surface area contributed by atoms with Crippen molar-refractivity contribution in [3.63, 3.8) is 0 Å². The van der Waals surface area contributed by atoms with E-state index < -0.39 is 6.29 Å². The number of ether oxygens (including phenoxy) is 2. The van der Waals surface area contributed by atoms with E-state index in [2.05, 4.69) is 31.3 Å². The number of aliphatic hydroxyl groups excluding tert-OH is 1. The van der Waals surface area contributed by atoms with E-state index in [1.165, 1.54) is 70.6 Å². The minimum Gasteiger partial charge on any atom is -0.431 e. The first-order valence-electron chi connectivity index (χ1n) is 22.1. The third kappa shape index (κ3) is 13.7. The number of oxazole rings is 1. The maximum absolute atomic E-state index is 12.7. The summed E-state index contributed by atoms with van der Waals surface area (Å²) >= 11 is 1.55. The van der Waals surface area contributed by atoms with Gasteiger partial charge >= 0.3 is 0 Å². The molecule has 1 aliphatic heterocycles. The van der Waals surface area contributed by atoms with Gasteiger partial charge in [0.25, 0.3) is 5.22 Å². The molecule has 0 bridgehead atoms. The molecule has 1 amide bonds.